The Hall–Kier alpha value is -2.36. The number of pyridine rings is 1. The minimum absolute atomic E-state index is 0.219. The smallest absolute Gasteiger partial charge is 0.437 e. The molecule has 17 heavy (non-hydrogen) atoms. The number of carbonyl (C=O) groups is 1. The van der Waals surface area contributed by atoms with E-state index in [2.05, 4.69) is 9.72 Å². The summed E-state index contributed by atoms with van der Waals surface area (Å²) in [6, 6.07) is 13.3. The molecular formula is C13H11NO3. The number of ether oxygens (including phenoxy) is 2. The van der Waals surface area contributed by atoms with Crippen molar-refractivity contribution in [3.8, 4) is 17.0 Å². The normalized spacial score (nSPS) is 9.71. The van der Waals surface area contributed by atoms with Gasteiger partial charge >= 0.3 is 6.16 Å². The molecular weight excluding hydrogens is 218 g/mol. The summed E-state index contributed by atoms with van der Waals surface area (Å²) in [5, 5.41) is 0. The molecule has 0 N–H and O–H groups in total. The molecule has 0 bridgehead atoms. The van der Waals surface area contributed by atoms with Crippen molar-refractivity contribution >= 4 is 6.16 Å². The number of nitrogens with zero attached hydrogens (tertiary/aromatic N) is 1. The molecule has 0 aliphatic heterocycles. The van der Waals surface area contributed by atoms with Crippen molar-refractivity contribution < 1.29 is 14.3 Å². The van der Waals surface area contributed by atoms with E-state index in [0.717, 1.165) is 11.1 Å². The van der Waals surface area contributed by atoms with Crippen LogP contribution in [0.2, 0.25) is 0 Å². The van der Waals surface area contributed by atoms with E-state index in [1.165, 1.54) is 7.11 Å². The Morgan fingerprint density at radius 2 is 1.82 bits per heavy atom. The second-order valence-electron chi connectivity index (χ2n) is 3.31. The SMILES string of the molecule is COC(=O)Oc1ccc(-c2ccccc2)cn1. The predicted molar refractivity (Wildman–Crippen MR) is 62.7 cm³/mol. The second kappa shape index (κ2) is 5.12. The molecule has 0 saturated heterocycles. The van der Waals surface area contributed by atoms with Gasteiger partial charge in [0.15, 0.2) is 0 Å². The van der Waals surface area contributed by atoms with Crippen LogP contribution in [0.25, 0.3) is 11.1 Å². The van der Waals surface area contributed by atoms with E-state index in [1.807, 2.05) is 36.4 Å². The molecule has 0 unspecified atom stereocenters. The molecule has 0 atom stereocenters. The van der Waals surface area contributed by atoms with Crippen molar-refractivity contribution in [2.75, 3.05) is 7.11 Å². The van der Waals surface area contributed by atoms with E-state index in [0.29, 0.717) is 0 Å². The van der Waals surface area contributed by atoms with Crippen molar-refractivity contribution in [3.63, 3.8) is 0 Å². The molecule has 0 spiro atoms. The molecule has 0 aliphatic carbocycles. The lowest BCUT2D eigenvalue weighted by atomic mass is 10.1. The minimum atomic E-state index is -0.773. The number of carbonyl (C=O) groups excluding carboxylic acids is 1. The van der Waals surface area contributed by atoms with Crippen LogP contribution in [0, 0.1) is 0 Å². The highest BCUT2D eigenvalue weighted by Gasteiger charge is 2.04. The molecule has 0 fully saturated rings. The fraction of sp³-hybridized carbons (Fsp3) is 0.0769. The van der Waals surface area contributed by atoms with Gasteiger partial charge in [-0.1, -0.05) is 30.3 Å². The highest BCUT2D eigenvalue weighted by atomic mass is 16.7. The van der Waals surface area contributed by atoms with Gasteiger partial charge in [0.25, 0.3) is 0 Å². The monoisotopic (exact) mass is 229 g/mol. The summed E-state index contributed by atoms with van der Waals surface area (Å²) in [5.74, 6) is 0.219. The zero-order chi connectivity index (χ0) is 12.1. The van der Waals surface area contributed by atoms with Gasteiger partial charge in [0.1, 0.15) is 0 Å². The number of methoxy groups -OCH3 is 1. The summed E-state index contributed by atoms with van der Waals surface area (Å²) < 4.78 is 9.15. The summed E-state index contributed by atoms with van der Waals surface area (Å²) in [6.07, 6.45) is 0.873. The van der Waals surface area contributed by atoms with Gasteiger partial charge in [-0.2, -0.15) is 0 Å². The van der Waals surface area contributed by atoms with Crippen molar-refractivity contribution in [1.29, 1.82) is 0 Å². The Kier molecular flexibility index (Phi) is 3.35. The standard InChI is InChI=1S/C13H11NO3/c1-16-13(15)17-12-8-7-11(9-14-12)10-5-3-2-4-6-10/h2-9H,1H3. The molecule has 0 radical (unpaired) electrons. The first-order valence-corrected chi connectivity index (χ1v) is 5.07. The Morgan fingerprint density at radius 1 is 1.06 bits per heavy atom. The van der Waals surface area contributed by atoms with E-state index < -0.39 is 6.16 Å². The molecule has 4 heteroatoms. The third-order valence-corrected chi connectivity index (χ3v) is 2.20. The maximum absolute atomic E-state index is 10.9. The molecule has 1 aromatic heterocycles. The Balaban J connectivity index is 2.16. The average molecular weight is 229 g/mol. The Bertz CT molecular complexity index is 494. The van der Waals surface area contributed by atoms with Crippen LogP contribution in [0.3, 0.4) is 0 Å². The summed E-state index contributed by atoms with van der Waals surface area (Å²) >= 11 is 0. The van der Waals surface area contributed by atoms with Crippen LogP contribution in [0.1, 0.15) is 0 Å². The van der Waals surface area contributed by atoms with Crippen molar-refractivity contribution in [1.82, 2.24) is 4.98 Å². The van der Waals surface area contributed by atoms with Crippen LogP contribution in [0.4, 0.5) is 4.79 Å². The average Bonchev–Trinajstić information content (AvgIpc) is 2.40. The lowest BCUT2D eigenvalue weighted by Gasteiger charge is -2.03. The van der Waals surface area contributed by atoms with Crippen LogP contribution in [0.5, 0.6) is 5.88 Å². The molecule has 0 saturated carbocycles. The zero-order valence-corrected chi connectivity index (χ0v) is 9.29. The number of aromatic nitrogens is 1. The Labute approximate surface area is 98.8 Å². The van der Waals surface area contributed by atoms with Crippen molar-refractivity contribution in [2.45, 2.75) is 0 Å². The molecule has 86 valence electrons. The molecule has 0 aliphatic rings. The Morgan fingerprint density at radius 3 is 2.41 bits per heavy atom. The summed E-state index contributed by atoms with van der Waals surface area (Å²) in [7, 11) is 1.25. The maximum atomic E-state index is 10.9. The van der Waals surface area contributed by atoms with Crippen molar-refractivity contribution in [3.05, 3.63) is 48.7 Å². The van der Waals surface area contributed by atoms with Crippen LogP contribution in [0.15, 0.2) is 48.7 Å². The largest absolute Gasteiger partial charge is 0.514 e. The minimum Gasteiger partial charge on any atom is -0.437 e. The molecule has 1 heterocycles. The second-order valence-corrected chi connectivity index (χ2v) is 3.31. The van der Waals surface area contributed by atoms with Crippen LogP contribution < -0.4 is 4.74 Å². The van der Waals surface area contributed by atoms with Gasteiger partial charge in [-0.05, 0) is 11.6 Å². The molecule has 2 aromatic rings. The fourth-order valence-electron chi connectivity index (χ4n) is 1.37. The molecule has 0 amide bonds. The van der Waals surface area contributed by atoms with Gasteiger partial charge in [0.2, 0.25) is 5.88 Å². The van der Waals surface area contributed by atoms with Crippen LogP contribution in [-0.4, -0.2) is 18.2 Å². The number of hydrogen-bond acceptors (Lipinski definition) is 4. The lowest BCUT2D eigenvalue weighted by Crippen LogP contribution is -2.08. The third kappa shape index (κ3) is 2.81. The first-order valence-electron chi connectivity index (χ1n) is 5.07. The summed E-state index contributed by atoms with van der Waals surface area (Å²) in [6.45, 7) is 0. The first kappa shape index (κ1) is 11.1. The zero-order valence-electron chi connectivity index (χ0n) is 9.29. The topological polar surface area (TPSA) is 48.4 Å². The van der Waals surface area contributed by atoms with Gasteiger partial charge in [0.05, 0.1) is 7.11 Å². The van der Waals surface area contributed by atoms with E-state index >= 15 is 0 Å². The van der Waals surface area contributed by atoms with E-state index in [-0.39, 0.29) is 5.88 Å². The van der Waals surface area contributed by atoms with E-state index in [1.54, 1.807) is 12.3 Å². The molecule has 4 nitrogen and oxygen atoms in total. The number of benzene rings is 1. The maximum Gasteiger partial charge on any atom is 0.514 e. The van der Waals surface area contributed by atoms with E-state index in [9.17, 15) is 4.79 Å². The lowest BCUT2D eigenvalue weighted by molar-refractivity contribution is 0.119. The van der Waals surface area contributed by atoms with E-state index in [4.69, 9.17) is 4.74 Å². The quantitative estimate of drug-likeness (QED) is 0.743. The summed E-state index contributed by atoms with van der Waals surface area (Å²) in [5.41, 5.74) is 2.02. The number of hydrogen-bond donors (Lipinski definition) is 0. The van der Waals surface area contributed by atoms with Gasteiger partial charge in [0, 0.05) is 17.8 Å². The van der Waals surface area contributed by atoms with Gasteiger partial charge in [-0.3, -0.25) is 0 Å². The highest BCUT2D eigenvalue weighted by Crippen LogP contribution is 2.19. The van der Waals surface area contributed by atoms with Crippen LogP contribution in [-0.2, 0) is 4.74 Å². The first-order chi connectivity index (χ1) is 8.29. The molecule has 2 rings (SSSR count). The summed E-state index contributed by atoms with van der Waals surface area (Å²) in [4.78, 5) is 14.9. The van der Waals surface area contributed by atoms with Crippen molar-refractivity contribution in [2.24, 2.45) is 0 Å². The van der Waals surface area contributed by atoms with Gasteiger partial charge in [-0.15, -0.1) is 0 Å². The third-order valence-electron chi connectivity index (χ3n) is 2.20. The fourth-order valence-corrected chi connectivity index (χ4v) is 1.37. The number of rotatable bonds is 2. The predicted octanol–water partition coefficient (Wildman–Crippen LogP) is 2.89. The van der Waals surface area contributed by atoms with Gasteiger partial charge in [-0.25, -0.2) is 9.78 Å². The van der Waals surface area contributed by atoms with Crippen LogP contribution >= 0.6 is 0 Å². The molecule has 1 aromatic carbocycles. The highest BCUT2D eigenvalue weighted by molar-refractivity contribution is 5.65. The van der Waals surface area contributed by atoms with Gasteiger partial charge < -0.3 is 9.47 Å².